The van der Waals surface area contributed by atoms with Crippen molar-refractivity contribution in [1.82, 2.24) is 0 Å². The van der Waals surface area contributed by atoms with Gasteiger partial charge in [-0.3, -0.25) is 4.18 Å². The molecule has 3 heterocycles. The van der Waals surface area contributed by atoms with E-state index in [4.69, 9.17) is 13.7 Å². The molecule has 0 saturated carbocycles. The van der Waals surface area contributed by atoms with Gasteiger partial charge >= 0.3 is 5.97 Å². The number of carbonyl (C=O) groups is 1. The molecule has 3 aliphatic rings. The van der Waals surface area contributed by atoms with Crippen LogP contribution in [-0.4, -0.2) is 66.5 Å². The number of fused-ring (bicyclic) bond motifs is 1. The maximum absolute atomic E-state index is 11.9. The average Bonchev–Trinajstić information content (AvgIpc) is 2.94. The zero-order valence-corrected chi connectivity index (χ0v) is 11.2. The Morgan fingerprint density at radius 3 is 2.70 bits per heavy atom. The van der Waals surface area contributed by atoms with Gasteiger partial charge in [0.2, 0.25) is 0 Å². The van der Waals surface area contributed by atoms with Gasteiger partial charge in [-0.2, -0.15) is 8.42 Å². The standard InChI is InChI=1S/C11H14O8S/c1-2-7(14)17-8-9-11(5-13)6(20(15,16)18-9)3-10(8,4-12)19-11/h2,6,8-9,12-13H,1,3-5H2. The van der Waals surface area contributed by atoms with Crippen molar-refractivity contribution in [2.45, 2.75) is 35.1 Å². The number of carbonyl (C=O) groups excluding carboxylic acids is 1. The van der Waals surface area contributed by atoms with E-state index in [1.54, 1.807) is 0 Å². The van der Waals surface area contributed by atoms with E-state index >= 15 is 0 Å². The van der Waals surface area contributed by atoms with Crippen LogP contribution in [0.2, 0.25) is 0 Å². The summed E-state index contributed by atoms with van der Waals surface area (Å²) in [4.78, 5) is 11.4. The van der Waals surface area contributed by atoms with Crippen LogP contribution in [0.15, 0.2) is 12.7 Å². The molecule has 3 aliphatic heterocycles. The van der Waals surface area contributed by atoms with Crippen molar-refractivity contribution in [3.05, 3.63) is 12.7 Å². The highest BCUT2D eigenvalue weighted by Crippen LogP contribution is 2.59. The van der Waals surface area contributed by atoms with Crippen molar-refractivity contribution in [2.24, 2.45) is 0 Å². The molecule has 2 N–H and O–H groups in total. The number of aliphatic hydroxyl groups excluding tert-OH is 2. The fourth-order valence-electron chi connectivity index (χ4n) is 3.36. The fraction of sp³-hybridized carbons (Fsp3) is 0.727. The normalized spacial score (nSPS) is 47.4. The van der Waals surface area contributed by atoms with Gasteiger partial charge in [-0.05, 0) is 0 Å². The van der Waals surface area contributed by atoms with Gasteiger partial charge in [0.05, 0.1) is 13.2 Å². The van der Waals surface area contributed by atoms with Gasteiger partial charge in [-0.1, -0.05) is 6.58 Å². The maximum atomic E-state index is 11.9. The van der Waals surface area contributed by atoms with Crippen molar-refractivity contribution >= 4 is 16.1 Å². The second kappa shape index (κ2) is 4.01. The molecule has 3 fully saturated rings. The van der Waals surface area contributed by atoms with Gasteiger partial charge in [-0.25, -0.2) is 4.79 Å². The summed E-state index contributed by atoms with van der Waals surface area (Å²) in [5, 5.41) is 18.1. The lowest BCUT2D eigenvalue weighted by Gasteiger charge is -2.32. The summed E-state index contributed by atoms with van der Waals surface area (Å²) in [5.41, 5.74) is -2.87. The second-order valence-electron chi connectivity index (χ2n) is 5.20. The van der Waals surface area contributed by atoms with Crippen LogP contribution in [0, 0.1) is 0 Å². The molecule has 0 radical (unpaired) electrons. The van der Waals surface area contributed by atoms with E-state index in [9.17, 15) is 23.4 Å². The number of esters is 1. The van der Waals surface area contributed by atoms with E-state index in [1.807, 2.05) is 0 Å². The highest BCUT2D eigenvalue weighted by atomic mass is 32.2. The first kappa shape index (κ1) is 14.0. The topological polar surface area (TPSA) is 119 Å². The first-order valence-corrected chi connectivity index (χ1v) is 7.49. The summed E-state index contributed by atoms with van der Waals surface area (Å²) in [6.07, 6.45) is -1.45. The quantitative estimate of drug-likeness (QED) is 0.350. The largest absolute Gasteiger partial charge is 0.453 e. The third kappa shape index (κ3) is 1.44. The molecule has 112 valence electrons. The lowest BCUT2D eigenvalue weighted by atomic mass is 9.78. The van der Waals surface area contributed by atoms with Crippen LogP contribution in [0.25, 0.3) is 0 Å². The van der Waals surface area contributed by atoms with Crippen molar-refractivity contribution in [1.29, 1.82) is 0 Å². The summed E-state index contributed by atoms with van der Waals surface area (Å²) in [6.45, 7) is 2.10. The molecule has 3 rings (SSSR count). The minimum absolute atomic E-state index is 0.0992. The molecule has 9 heteroatoms. The Hall–Kier alpha value is -1.00. The number of rotatable bonds is 4. The number of aliphatic hydroxyl groups is 2. The minimum Gasteiger partial charge on any atom is -0.453 e. The Morgan fingerprint density at radius 2 is 2.15 bits per heavy atom. The summed E-state index contributed by atoms with van der Waals surface area (Å²) in [6, 6.07) is 0. The summed E-state index contributed by atoms with van der Waals surface area (Å²) in [5.74, 6) is -0.781. The molecule has 0 aromatic heterocycles. The zero-order chi connectivity index (χ0) is 14.8. The van der Waals surface area contributed by atoms with Crippen LogP contribution in [-0.2, 0) is 28.6 Å². The highest BCUT2D eigenvalue weighted by Gasteiger charge is 2.81. The molecule has 20 heavy (non-hydrogen) atoms. The third-order valence-electron chi connectivity index (χ3n) is 4.26. The van der Waals surface area contributed by atoms with Crippen LogP contribution in [0.3, 0.4) is 0 Å². The molecule has 0 aromatic carbocycles. The predicted molar refractivity (Wildman–Crippen MR) is 63.0 cm³/mol. The lowest BCUT2D eigenvalue weighted by molar-refractivity contribution is -0.159. The highest BCUT2D eigenvalue weighted by molar-refractivity contribution is 7.87. The molecule has 5 unspecified atom stereocenters. The van der Waals surface area contributed by atoms with Gasteiger partial charge in [0.1, 0.15) is 22.6 Å². The Balaban J connectivity index is 2.07. The zero-order valence-electron chi connectivity index (χ0n) is 10.4. The molecular weight excluding hydrogens is 292 g/mol. The van der Waals surface area contributed by atoms with Crippen molar-refractivity contribution < 1.29 is 37.1 Å². The number of hydrogen-bond acceptors (Lipinski definition) is 8. The van der Waals surface area contributed by atoms with E-state index in [1.165, 1.54) is 0 Å². The smallest absolute Gasteiger partial charge is 0.330 e. The molecule has 2 bridgehead atoms. The molecule has 0 aliphatic carbocycles. The van der Waals surface area contributed by atoms with E-state index < -0.39 is 58.0 Å². The van der Waals surface area contributed by atoms with E-state index in [0.29, 0.717) is 0 Å². The van der Waals surface area contributed by atoms with Crippen LogP contribution >= 0.6 is 0 Å². The van der Waals surface area contributed by atoms with Crippen LogP contribution in [0.4, 0.5) is 0 Å². The van der Waals surface area contributed by atoms with Gasteiger partial charge < -0.3 is 19.7 Å². The van der Waals surface area contributed by atoms with Gasteiger partial charge in [0.25, 0.3) is 10.1 Å². The monoisotopic (exact) mass is 306 g/mol. The van der Waals surface area contributed by atoms with Crippen LogP contribution in [0.1, 0.15) is 6.42 Å². The first-order valence-electron chi connectivity index (χ1n) is 6.02. The van der Waals surface area contributed by atoms with Gasteiger partial charge in [-0.15, -0.1) is 0 Å². The van der Waals surface area contributed by atoms with E-state index in [2.05, 4.69) is 6.58 Å². The Labute approximate surface area is 115 Å². The van der Waals surface area contributed by atoms with Crippen LogP contribution < -0.4 is 0 Å². The molecular formula is C11H14O8S. The molecule has 8 nitrogen and oxygen atoms in total. The van der Waals surface area contributed by atoms with E-state index in [-0.39, 0.29) is 6.42 Å². The first-order chi connectivity index (χ1) is 9.35. The van der Waals surface area contributed by atoms with E-state index in [0.717, 1.165) is 6.08 Å². The molecule has 0 spiro atoms. The minimum atomic E-state index is -3.94. The molecule has 0 aromatic rings. The van der Waals surface area contributed by atoms with Crippen molar-refractivity contribution in [3.8, 4) is 0 Å². The maximum Gasteiger partial charge on any atom is 0.330 e. The van der Waals surface area contributed by atoms with Crippen molar-refractivity contribution in [2.75, 3.05) is 13.2 Å². The molecule has 3 saturated heterocycles. The summed E-state index contributed by atoms with van der Waals surface area (Å²) < 4.78 is 39.6. The Morgan fingerprint density at radius 1 is 1.45 bits per heavy atom. The SMILES string of the molecule is C=CC(=O)OC1C2OS(=O)(=O)C3CC1(CO)OC23CO. The second-order valence-corrected chi connectivity index (χ2v) is 6.95. The predicted octanol–water partition coefficient (Wildman–Crippen LogP) is -1.92. The summed E-state index contributed by atoms with van der Waals surface area (Å²) in [7, 11) is -3.94. The lowest BCUT2D eigenvalue weighted by Crippen LogP contribution is -2.55. The number of hydrogen-bond donors (Lipinski definition) is 2. The number of ether oxygens (including phenoxy) is 2. The Bertz CT molecular complexity index is 571. The van der Waals surface area contributed by atoms with Gasteiger partial charge in [0.15, 0.2) is 6.10 Å². The van der Waals surface area contributed by atoms with Crippen LogP contribution in [0.5, 0.6) is 0 Å². The third-order valence-corrected chi connectivity index (χ3v) is 5.99. The van der Waals surface area contributed by atoms with Gasteiger partial charge in [0, 0.05) is 12.5 Å². The molecule has 0 amide bonds. The Kier molecular flexibility index (Phi) is 2.80. The fourth-order valence-corrected chi connectivity index (χ4v) is 5.28. The average molecular weight is 306 g/mol. The summed E-state index contributed by atoms with van der Waals surface area (Å²) >= 11 is 0. The molecule has 5 atom stereocenters. The van der Waals surface area contributed by atoms with Crippen molar-refractivity contribution in [3.63, 3.8) is 0 Å².